The molecule has 0 saturated heterocycles. The van der Waals surface area contributed by atoms with Crippen LogP contribution in [0.15, 0.2) is 26.5 Å². The maximum absolute atomic E-state index is 5.53. The Morgan fingerprint density at radius 1 is 1.33 bits per heavy atom. The van der Waals surface area contributed by atoms with Crippen molar-refractivity contribution in [1.29, 1.82) is 0 Å². The summed E-state index contributed by atoms with van der Waals surface area (Å²) in [4.78, 5) is 8.24. The highest BCUT2D eigenvalue weighted by Gasteiger charge is 2.02. The van der Waals surface area contributed by atoms with Gasteiger partial charge in [-0.05, 0) is 11.8 Å². The fourth-order valence-corrected chi connectivity index (χ4v) is 3.24. The van der Waals surface area contributed by atoms with Crippen molar-refractivity contribution < 1.29 is 0 Å². The summed E-state index contributed by atoms with van der Waals surface area (Å²) in [7, 11) is 0. The quantitative estimate of drug-likeness (QED) is 0.835. The van der Waals surface area contributed by atoms with Gasteiger partial charge in [-0.1, -0.05) is 11.3 Å². The summed E-state index contributed by atoms with van der Waals surface area (Å²) < 4.78 is 1.95. The molecule has 3 nitrogen and oxygen atoms in total. The first-order valence-corrected chi connectivity index (χ1v) is 5.64. The molecule has 0 spiro atoms. The summed E-state index contributed by atoms with van der Waals surface area (Å²) in [5.41, 5.74) is 5.53. The van der Waals surface area contributed by atoms with Gasteiger partial charge in [-0.3, -0.25) is 0 Å². The van der Waals surface area contributed by atoms with Crippen LogP contribution in [0.4, 0.5) is 5.00 Å². The van der Waals surface area contributed by atoms with Crippen molar-refractivity contribution >= 4 is 39.4 Å². The Balaban J connectivity index is 2.14. The minimum Gasteiger partial charge on any atom is -0.389 e. The summed E-state index contributed by atoms with van der Waals surface area (Å²) >= 11 is 4.64. The van der Waals surface area contributed by atoms with E-state index in [4.69, 9.17) is 5.73 Å². The summed E-state index contributed by atoms with van der Waals surface area (Å²) in [6.07, 6.45) is 3.45. The number of thiazole rings is 2. The van der Waals surface area contributed by atoms with E-state index in [1.54, 1.807) is 35.5 Å². The van der Waals surface area contributed by atoms with E-state index >= 15 is 0 Å². The lowest BCUT2D eigenvalue weighted by Gasteiger charge is -1.86. The van der Waals surface area contributed by atoms with Crippen LogP contribution in [0.5, 0.6) is 0 Å². The fourth-order valence-electron chi connectivity index (χ4n) is 0.652. The molecule has 2 rings (SSSR count). The van der Waals surface area contributed by atoms with Gasteiger partial charge in [0, 0.05) is 11.6 Å². The maximum atomic E-state index is 5.53. The van der Waals surface area contributed by atoms with E-state index in [9.17, 15) is 0 Å². The number of hydrogen-bond donors (Lipinski definition) is 1. The highest BCUT2D eigenvalue weighted by Crippen LogP contribution is 2.32. The van der Waals surface area contributed by atoms with Crippen molar-refractivity contribution in [2.75, 3.05) is 5.73 Å². The molecule has 0 atom stereocenters. The van der Waals surface area contributed by atoms with Crippen molar-refractivity contribution in [3.8, 4) is 0 Å². The van der Waals surface area contributed by atoms with Gasteiger partial charge in [0.2, 0.25) is 0 Å². The number of rotatable bonds is 2. The van der Waals surface area contributed by atoms with Crippen LogP contribution in [0.2, 0.25) is 0 Å². The summed E-state index contributed by atoms with van der Waals surface area (Å²) in [5, 5.41) is 2.69. The third-order valence-corrected chi connectivity index (χ3v) is 3.87. The predicted octanol–water partition coefficient (Wildman–Crippen LogP) is 2.33. The van der Waals surface area contributed by atoms with E-state index in [1.807, 2.05) is 5.38 Å². The molecule has 6 heteroatoms. The Hall–Kier alpha value is -0.590. The minimum atomic E-state index is 0.744. The van der Waals surface area contributed by atoms with E-state index in [0.29, 0.717) is 0 Å². The molecule has 0 amide bonds. The van der Waals surface area contributed by atoms with E-state index in [-0.39, 0.29) is 0 Å². The molecule has 0 bridgehead atoms. The van der Waals surface area contributed by atoms with E-state index < -0.39 is 0 Å². The molecule has 2 N–H and O–H groups in total. The Morgan fingerprint density at radius 3 is 2.83 bits per heavy atom. The number of anilines is 1. The SMILES string of the molecule is Nc1cnc(Sc2nccs2)s1. The lowest BCUT2D eigenvalue weighted by molar-refractivity contribution is 1.21. The first kappa shape index (κ1) is 8.03. The average Bonchev–Trinajstić information content (AvgIpc) is 2.63. The van der Waals surface area contributed by atoms with Crippen LogP contribution in [-0.4, -0.2) is 9.97 Å². The van der Waals surface area contributed by atoms with Gasteiger partial charge in [-0.15, -0.1) is 11.3 Å². The van der Waals surface area contributed by atoms with Gasteiger partial charge in [0.15, 0.2) is 8.68 Å². The van der Waals surface area contributed by atoms with Crippen LogP contribution < -0.4 is 5.73 Å². The number of aromatic nitrogens is 2. The van der Waals surface area contributed by atoms with Crippen molar-refractivity contribution in [3.05, 3.63) is 17.8 Å². The molecule has 0 unspecified atom stereocenters. The Kier molecular flexibility index (Phi) is 2.29. The maximum Gasteiger partial charge on any atom is 0.158 e. The van der Waals surface area contributed by atoms with Crippen LogP contribution in [0.3, 0.4) is 0 Å². The third kappa shape index (κ3) is 1.77. The zero-order chi connectivity index (χ0) is 8.39. The molecule has 0 aliphatic heterocycles. The van der Waals surface area contributed by atoms with Gasteiger partial charge < -0.3 is 5.73 Å². The van der Waals surface area contributed by atoms with Crippen LogP contribution in [0, 0.1) is 0 Å². The molecule has 0 fully saturated rings. The van der Waals surface area contributed by atoms with Crippen LogP contribution in [0.25, 0.3) is 0 Å². The largest absolute Gasteiger partial charge is 0.389 e. The van der Waals surface area contributed by atoms with E-state index in [2.05, 4.69) is 9.97 Å². The average molecular weight is 215 g/mol. The molecule has 12 heavy (non-hydrogen) atoms. The number of nitrogens with zero attached hydrogens (tertiary/aromatic N) is 2. The summed E-state index contributed by atoms with van der Waals surface area (Å²) in [6.45, 7) is 0. The van der Waals surface area contributed by atoms with Gasteiger partial charge in [-0.25, -0.2) is 9.97 Å². The van der Waals surface area contributed by atoms with Gasteiger partial charge in [0.05, 0.1) is 6.20 Å². The smallest absolute Gasteiger partial charge is 0.158 e. The van der Waals surface area contributed by atoms with Crippen molar-refractivity contribution in [2.24, 2.45) is 0 Å². The standard InChI is InChI=1S/C6H5N3S3/c7-4-3-9-6(11-4)12-5-8-1-2-10-5/h1-3H,7H2. The van der Waals surface area contributed by atoms with E-state index in [1.165, 1.54) is 11.3 Å². The minimum absolute atomic E-state index is 0.744. The Bertz CT molecular complexity index is 354. The van der Waals surface area contributed by atoms with E-state index in [0.717, 1.165) is 13.7 Å². The monoisotopic (exact) mass is 215 g/mol. The zero-order valence-electron chi connectivity index (χ0n) is 5.93. The highest BCUT2D eigenvalue weighted by molar-refractivity contribution is 8.02. The normalized spacial score (nSPS) is 10.3. The second-order valence-electron chi connectivity index (χ2n) is 1.93. The number of nitrogen functional groups attached to an aromatic ring is 1. The lowest BCUT2D eigenvalue weighted by Crippen LogP contribution is -1.73. The Morgan fingerprint density at radius 2 is 2.25 bits per heavy atom. The van der Waals surface area contributed by atoms with Crippen molar-refractivity contribution in [2.45, 2.75) is 8.68 Å². The van der Waals surface area contributed by atoms with Gasteiger partial charge in [0.1, 0.15) is 5.00 Å². The summed E-state index contributed by atoms with van der Waals surface area (Å²) in [5.74, 6) is 0. The van der Waals surface area contributed by atoms with Crippen molar-refractivity contribution in [3.63, 3.8) is 0 Å². The molecule has 2 aromatic heterocycles. The number of nitrogens with two attached hydrogens (primary N) is 1. The molecule has 0 radical (unpaired) electrons. The summed E-state index contributed by atoms with van der Waals surface area (Å²) in [6, 6.07) is 0. The molecule has 62 valence electrons. The zero-order valence-corrected chi connectivity index (χ0v) is 8.38. The lowest BCUT2D eigenvalue weighted by atomic mass is 10.9. The van der Waals surface area contributed by atoms with Crippen LogP contribution in [-0.2, 0) is 0 Å². The van der Waals surface area contributed by atoms with Crippen LogP contribution in [0.1, 0.15) is 0 Å². The van der Waals surface area contributed by atoms with Crippen molar-refractivity contribution in [1.82, 2.24) is 9.97 Å². The fraction of sp³-hybridized carbons (Fsp3) is 0. The predicted molar refractivity (Wildman–Crippen MR) is 52.8 cm³/mol. The number of hydrogen-bond acceptors (Lipinski definition) is 6. The first-order valence-electron chi connectivity index (χ1n) is 3.13. The molecule has 0 saturated carbocycles. The molecule has 2 heterocycles. The third-order valence-electron chi connectivity index (χ3n) is 1.09. The molecule has 0 aliphatic carbocycles. The Labute approximate surface area is 81.7 Å². The van der Waals surface area contributed by atoms with Gasteiger partial charge in [0.25, 0.3) is 0 Å². The topological polar surface area (TPSA) is 51.8 Å². The molecule has 0 aromatic carbocycles. The van der Waals surface area contributed by atoms with Gasteiger partial charge >= 0.3 is 0 Å². The molecular weight excluding hydrogens is 210 g/mol. The highest BCUT2D eigenvalue weighted by atomic mass is 32.2. The molecule has 0 aliphatic rings. The second kappa shape index (κ2) is 3.42. The second-order valence-corrected chi connectivity index (χ2v) is 5.38. The first-order chi connectivity index (χ1) is 5.84. The molecular formula is C6H5N3S3. The molecule has 2 aromatic rings. The van der Waals surface area contributed by atoms with Crippen LogP contribution >= 0.6 is 34.4 Å². The van der Waals surface area contributed by atoms with Gasteiger partial charge in [-0.2, -0.15) is 0 Å².